The van der Waals surface area contributed by atoms with Gasteiger partial charge in [0.15, 0.2) is 5.13 Å². The van der Waals surface area contributed by atoms with E-state index in [0.717, 1.165) is 9.87 Å². The van der Waals surface area contributed by atoms with E-state index in [1.165, 1.54) is 50.7 Å². The number of rotatable bonds is 6. The van der Waals surface area contributed by atoms with E-state index >= 15 is 0 Å². The molecule has 2 aromatic carbocycles. The molecule has 0 fully saturated rings. The maximum absolute atomic E-state index is 12.7. The van der Waals surface area contributed by atoms with Crippen molar-refractivity contribution in [2.45, 2.75) is 4.90 Å². The minimum absolute atomic E-state index is 0.0893. The van der Waals surface area contributed by atoms with Crippen LogP contribution in [0.2, 0.25) is 5.02 Å². The fraction of sp³-hybridized carbons (Fsp3) is 0.158. The van der Waals surface area contributed by atoms with Crippen LogP contribution in [0.4, 0.5) is 5.13 Å². The van der Waals surface area contributed by atoms with E-state index in [2.05, 4.69) is 10.3 Å². The summed E-state index contributed by atoms with van der Waals surface area (Å²) in [6, 6.07) is 11.5. The van der Waals surface area contributed by atoms with Crippen molar-refractivity contribution >= 4 is 44.0 Å². The smallest absolute Gasteiger partial charge is 0.257 e. The van der Waals surface area contributed by atoms with Crippen molar-refractivity contribution in [3.05, 3.63) is 58.4 Å². The summed E-state index contributed by atoms with van der Waals surface area (Å²) in [6.45, 7) is 0. The lowest BCUT2D eigenvalue weighted by Crippen LogP contribution is -2.23. The predicted octanol–water partition coefficient (Wildman–Crippen LogP) is 3.97. The fourth-order valence-corrected chi connectivity index (χ4v) is 4.52. The Kier molecular flexibility index (Phi) is 6.23. The first kappa shape index (κ1) is 21.3. The fourth-order valence-electron chi connectivity index (χ4n) is 2.51. The van der Waals surface area contributed by atoms with Crippen molar-refractivity contribution in [2.24, 2.45) is 0 Å². The first-order chi connectivity index (χ1) is 13.7. The molecule has 10 heteroatoms. The number of nitrogens with one attached hydrogen (secondary N) is 1. The Labute approximate surface area is 178 Å². The number of sulfonamides is 1. The van der Waals surface area contributed by atoms with Crippen LogP contribution < -0.4 is 10.1 Å². The molecule has 0 bridgehead atoms. The molecule has 1 N–H and O–H groups in total. The third-order valence-corrected chi connectivity index (χ3v) is 6.98. The SMILES string of the molecule is COc1ccc(C(=O)Nc2nc(-c3ccccc3Cl)cs2)cc1S(=O)(=O)N(C)C. The summed E-state index contributed by atoms with van der Waals surface area (Å²) in [7, 11) is 0.406. The van der Waals surface area contributed by atoms with E-state index in [0.29, 0.717) is 15.8 Å². The van der Waals surface area contributed by atoms with Crippen molar-refractivity contribution in [3.8, 4) is 17.0 Å². The molecule has 152 valence electrons. The summed E-state index contributed by atoms with van der Waals surface area (Å²) >= 11 is 7.43. The number of hydrogen-bond acceptors (Lipinski definition) is 6. The topological polar surface area (TPSA) is 88.6 Å². The average Bonchev–Trinajstić information content (AvgIpc) is 3.15. The number of hydrogen-bond donors (Lipinski definition) is 1. The van der Waals surface area contributed by atoms with Gasteiger partial charge in [-0.05, 0) is 24.3 Å². The van der Waals surface area contributed by atoms with Crippen LogP contribution in [0.3, 0.4) is 0 Å². The zero-order chi connectivity index (χ0) is 21.2. The van der Waals surface area contributed by atoms with Gasteiger partial charge in [0.25, 0.3) is 5.91 Å². The second-order valence-electron chi connectivity index (χ2n) is 6.12. The number of benzene rings is 2. The van der Waals surface area contributed by atoms with Crippen LogP contribution in [0, 0.1) is 0 Å². The van der Waals surface area contributed by atoms with E-state index < -0.39 is 15.9 Å². The first-order valence-electron chi connectivity index (χ1n) is 8.36. The lowest BCUT2D eigenvalue weighted by molar-refractivity contribution is 0.102. The van der Waals surface area contributed by atoms with Crippen LogP contribution >= 0.6 is 22.9 Å². The Morgan fingerprint density at radius 2 is 1.93 bits per heavy atom. The Bertz CT molecular complexity index is 1160. The quantitative estimate of drug-likeness (QED) is 0.612. The van der Waals surface area contributed by atoms with Crippen LogP contribution in [-0.2, 0) is 10.0 Å². The molecule has 0 saturated heterocycles. The van der Waals surface area contributed by atoms with Crippen molar-refractivity contribution < 1.29 is 17.9 Å². The molecular formula is C19H18ClN3O4S2. The minimum Gasteiger partial charge on any atom is -0.495 e. The number of anilines is 1. The number of nitrogens with zero attached hydrogens (tertiary/aromatic N) is 2. The number of ether oxygens (including phenoxy) is 1. The van der Waals surface area contributed by atoms with Gasteiger partial charge >= 0.3 is 0 Å². The van der Waals surface area contributed by atoms with Gasteiger partial charge in [0.05, 0.1) is 12.8 Å². The van der Waals surface area contributed by atoms with Crippen LogP contribution in [0.15, 0.2) is 52.7 Å². The average molecular weight is 452 g/mol. The molecule has 1 aromatic heterocycles. The number of halogens is 1. The second-order valence-corrected chi connectivity index (χ2v) is 9.51. The van der Waals surface area contributed by atoms with Crippen molar-refractivity contribution in [2.75, 3.05) is 26.5 Å². The van der Waals surface area contributed by atoms with Gasteiger partial charge in [-0.3, -0.25) is 10.1 Å². The number of carbonyl (C=O) groups excluding carboxylic acids is 1. The number of thiazole rings is 1. The molecule has 0 spiro atoms. The maximum Gasteiger partial charge on any atom is 0.257 e. The number of aromatic nitrogens is 1. The molecule has 0 radical (unpaired) electrons. The van der Waals surface area contributed by atoms with Gasteiger partial charge in [0, 0.05) is 35.6 Å². The lowest BCUT2D eigenvalue weighted by Gasteiger charge is -2.15. The molecular weight excluding hydrogens is 434 g/mol. The molecule has 1 heterocycles. The van der Waals surface area contributed by atoms with Gasteiger partial charge in [-0.15, -0.1) is 11.3 Å². The summed E-state index contributed by atoms with van der Waals surface area (Å²) in [5.41, 5.74) is 1.57. The standard InChI is InChI=1S/C19H18ClN3O4S2/c1-23(2)29(25,26)17-10-12(8-9-16(17)27-3)18(24)22-19-21-15(11-28-19)13-6-4-5-7-14(13)20/h4-11H,1-3H3,(H,21,22,24). The third kappa shape index (κ3) is 4.43. The highest BCUT2D eigenvalue weighted by Crippen LogP contribution is 2.31. The van der Waals surface area contributed by atoms with Gasteiger partial charge in [-0.1, -0.05) is 29.8 Å². The molecule has 1 amide bonds. The molecule has 0 saturated carbocycles. The highest BCUT2D eigenvalue weighted by atomic mass is 35.5. The Balaban J connectivity index is 1.88. The Morgan fingerprint density at radius 3 is 2.59 bits per heavy atom. The zero-order valence-electron chi connectivity index (χ0n) is 15.8. The number of amides is 1. The molecule has 0 aliphatic heterocycles. The predicted molar refractivity (Wildman–Crippen MR) is 114 cm³/mol. The Hall–Kier alpha value is -2.46. The summed E-state index contributed by atoms with van der Waals surface area (Å²) in [5.74, 6) is -0.326. The Morgan fingerprint density at radius 1 is 1.21 bits per heavy atom. The molecule has 0 aliphatic carbocycles. The number of carbonyl (C=O) groups is 1. The first-order valence-corrected chi connectivity index (χ1v) is 11.1. The van der Waals surface area contributed by atoms with E-state index in [4.69, 9.17) is 16.3 Å². The molecule has 29 heavy (non-hydrogen) atoms. The molecule has 0 atom stereocenters. The molecule has 3 aromatic rings. The summed E-state index contributed by atoms with van der Waals surface area (Å²) in [5, 5.41) is 5.41. The zero-order valence-corrected chi connectivity index (χ0v) is 18.2. The van der Waals surface area contributed by atoms with Crippen LogP contribution in [0.1, 0.15) is 10.4 Å². The minimum atomic E-state index is -3.78. The van der Waals surface area contributed by atoms with Gasteiger partial charge in [-0.2, -0.15) is 0 Å². The highest BCUT2D eigenvalue weighted by Gasteiger charge is 2.24. The normalized spacial score (nSPS) is 11.5. The third-order valence-electron chi connectivity index (χ3n) is 4.06. The van der Waals surface area contributed by atoms with Gasteiger partial charge in [0.2, 0.25) is 10.0 Å². The van der Waals surface area contributed by atoms with Crippen LogP contribution in [0.5, 0.6) is 5.75 Å². The van der Waals surface area contributed by atoms with Gasteiger partial charge in [0.1, 0.15) is 10.6 Å². The van der Waals surface area contributed by atoms with Gasteiger partial charge < -0.3 is 4.74 Å². The van der Waals surface area contributed by atoms with E-state index in [1.54, 1.807) is 11.4 Å². The lowest BCUT2D eigenvalue weighted by atomic mass is 10.2. The van der Waals surface area contributed by atoms with E-state index in [-0.39, 0.29) is 16.2 Å². The second kappa shape index (κ2) is 8.50. The monoisotopic (exact) mass is 451 g/mol. The van der Waals surface area contributed by atoms with Crippen molar-refractivity contribution in [1.82, 2.24) is 9.29 Å². The van der Waals surface area contributed by atoms with Crippen molar-refractivity contribution in [1.29, 1.82) is 0 Å². The molecule has 3 rings (SSSR count). The molecule has 7 nitrogen and oxygen atoms in total. The largest absolute Gasteiger partial charge is 0.495 e. The summed E-state index contributed by atoms with van der Waals surface area (Å²) < 4.78 is 31.3. The van der Waals surface area contributed by atoms with E-state index in [9.17, 15) is 13.2 Å². The highest BCUT2D eigenvalue weighted by molar-refractivity contribution is 7.89. The van der Waals surface area contributed by atoms with Crippen molar-refractivity contribution in [3.63, 3.8) is 0 Å². The van der Waals surface area contributed by atoms with Gasteiger partial charge in [-0.25, -0.2) is 17.7 Å². The summed E-state index contributed by atoms with van der Waals surface area (Å²) in [4.78, 5) is 17.0. The molecule has 0 unspecified atom stereocenters. The summed E-state index contributed by atoms with van der Waals surface area (Å²) in [6.07, 6.45) is 0. The number of methoxy groups -OCH3 is 1. The van der Waals surface area contributed by atoms with Crippen LogP contribution in [0.25, 0.3) is 11.3 Å². The maximum atomic E-state index is 12.7. The van der Waals surface area contributed by atoms with Crippen LogP contribution in [-0.4, -0.2) is 44.8 Å². The van der Waals surface area contributed by atoms with E-state index in [1.807, 2.05) is 18.2 Å². The molecule has 0 aliphatic rings.